The highest BCUT2D eigenvalue weighted by Gasteiger charge is 2.44. The zero-order valence-electron chi connectivity index (χ0n) is 13.8. The Balaban J connectivity index is 1.44. The number of ether oxygens (including phenoxy) is 1. The van der Waals surface area contributed by atoms with Gasteiger partial charge in [-0.25, -0.2) is 0 Å². The number of aromatic nitrogens is 2. The molecular formula is C17H26N4O2. The van der Waals surface area contributed by atoms with E-state index >= 15 is 0 Å². The maximum Gasteiger partial charge on any atom is 0.225 e. The fourth-order valence-corrected chi connectivity index (χ4v) is 4.13. The lowest BCUT2D eigenvalue weighted by atomic mass is 9.81. The van der Waals surface area contributed by atoms with Crippen molar-refractivity contribution < 1.29 is 9.53 Å². The Morgan fingerprint density at radius 3 is 2.96 bits per heavy atom. The number of carbonyl (C=O) groups is 1. The molecule has 6 nitrogen and oxygen atoms in total. The van der Waals surface area contributed by atoms with Crippen LogP contribution in [0.5, 0.6) is 0 Å². The van der Waals surface area contributed by atoms with Crippen molar-refractivity contribution in [1.82, 2.24) is 20.0 Å². The van der Waals surface area contributed by atoms with Crippen molar-refractivity contribution in [2.75, 3.05) is 19.7 Å². The van der Waals surface area contributed by atoms with E-state index < -0.39 is 0 Å². The Bertz CT molecular complexity index is 569. The van der Waals surface area contributed by atoms with E-state index in [9.17, 15) is 4.79 Å². The Labute approximate surface area is 137 Å². The largest absolute Gasteiger partial charge is 0.377 e. The number of nitrogens with one attached hydrogen (secondary N) is 1. The van der Waals surface area contributed by atoms with Gasteiger partial charge in [0.05, 0.1) is 18.2 Å². The lowest BCUT2D eigenvalue weighted by Crippen LogP contribution is -2.54. The van der Waals surface area contributed by atoms with Gasteiger partial charge in [0.25, 0.3) is 0 Å². The summed E-state index contributed by atoms with van der Waals surface area (Å²) in [6, 6.07) is 0.414. The van der Waals surface area contributed by atoms with Gasteiger partial charge in [0.1, 0.15) is 0 Å². The second-order valence-electron chi connectivity index (χ2n) is 7.32. The van der Waals surface area contributed by atoms with Crippen molar-refractivity contribution in [2.24, 2.45) is 18.9 Å². The smallest absolute Gasteiger partial charge is 0.225 e. The molecule has 4 rings (SSSR count). The van der Waals surface area contributed by atoms with E-state index in [1.54, 1.807) is 0 Å². The molecule has 23 heavy (non-hydrogen) atoms. The average molecular weight is 318 g/mol. The lowest BCUT2D eigenvalue weighted by Gasteiger charge is -2.40. The van der Waals surface area contributed by atoms with E-state index in [0.29, 0.717) is 12.0 Å². The van der Waals surface area contributed by atoms with Gasteiger partial charge in [-0.3, -0.25) is 14.4 Å². The van der Waals surface area contributed by atoms with E-state index in [-0.39, 0.29) is 17.9 Å². The van der Waals surface area contributed by atoms with Crippen LogP contribution in [0, 0.1) is 11.8 Å². The lowest BCUT2D eigenvalue weighted by molar-refractivity contribution is -0.132. The molecule has 3 aliphatic rings. The van der Waals surface area contributed by atoms with Gasteiger partial charge >= 0.3 is 0 Å². The minimum Gasteiger partial charge on any atom is -0.377 e. The van der Waals surface area contributed by atoms with E-state index in [1.807, 2.05) is 24.1 Å². The summed E-state index contributed by atoms with van der Waals surface area (Å²) in [5, 5.41) is 7.49. The highest BCUT2D eigenvalue weighted by molar-refractivity contribution is 5.80. The van der Waals surface area contributed by atoms with Crippen LogP contribution in [0.3, 0.4) is 0 Å². The first-order valence-electron chi connectivity index (χ1n) is 8.81. The topological polar surface area (TPSA) is 59.4 Å². The number of carbonyl (C=O) groups excluding carboxylic acids is 1. The first-order chi connectivity index (χ1) is 11.2. The van der Waals surface area contributed by atoms with Crippen molar-refractivity contribution in [3.05, 3.63) is 18.0 Å². The van der Waals surface area contributed by atoms with Crippen LogP contribution < -0.4 is 5.32 Å². The minimum atomic E-state index is 0.0634. The van der Waals surface area contributed by atoms with E-state index in [1.165, 1.54) is 12.0 Å². The van der Waals surface area contributed by atoms with Crippen molar-refractivity contribution in [3.8, 4) is 0 Å². The molecule has 2 aliphatic heterocycles. The summed E-state index contributed by atoms with van der Waals surface area (Å²) in [7, 11) is 1.94. The number of piperidine rings is 1. The molecule has 3 atom stereocenters. The zero-order chi connectivity index (χ0) is 15.8. The third kappa shape index (κ3) is 3.15. The van der Waals surface area contributed by atoms with Gasteiger partial charge in [-0.1, -0.05) is 0 Å². The molecule has 1 saturated carbocycles. The molecule has 1 aliphatic carbocycles. The van der Waals surface area contributed by atoms with Crippen molar-refractivity contribution in [2.45, 2.75) is 44.4 Å². The van der Waals surface area contributed by atoms with Gasteiger partial charge in [0, 0.05) is 57.0 Å². The van der Waals surface area contributed by atoms with Gasteiger partial charge < -0.3 is 10.1 Å². The second kappa shape index (κ2) is 6.24. The summed E-state index contributed by atoms with van der Waals surface area (Å²) in [5.74, 6) is 0.694. The van der Waals surface area contributed by atoms with Gasteiger partial charge in [-0.2, -0.15) is 5.10 Å². The SMILES string of the molecule is Cn1cc(CN2C[C@@H]3OCC[C@@H]3[C@@H](C(=O)NC3CCC3)C2)cn1. The normalized spacial score (nSPS) is 31.6. The predicted molar refractivity (Wildman–Crippen MR) is 85.6 cm³/mol. The van der Waals surface area contributed by atoms with Crippen molar-refractivity contribution in [3.63, 3.8) is 0 Å². The highest BCUT2D eigenvalue weighted by atomic mass is 16.5. The Kier molecular flexibility index (Phi) is 4.11. The van der Waals surface area contributed by atoms with Crippen LogP contribution in [0.2, 0.25) is 0 Å². The molecule has 3 fully saturated rings. The van der Waals surface area contributed by atoms with Crippen LogP contribution in [-0.2, 0) is 23.1 Å². The number of hydrogen-bond acceptors (Lipinski definition) is 4. The number of likely N-dealkylation sites (tertiary alicyclic amines) is 1. The number of nitrogens with zero attached hydrogens (tertiary/aromatic N) is 3. The van der Waals surface area contributed by atoms with Gasteiger partial charge in [0.15, 0.2) is 0 Å². The second-order valence-corrected chi connectivity index (χ2v) is 7.32. The predicted octanol–water partition coefficient (Wildman–Crippen LogP) is 0.926. The van der Waals surface area contributed by atoms with Gasteiger partial charge in [-0.05, 0) is 25.7 Å². The summed E-state index contributed by atoms with van der Waals surface area (Å²) in [6.07, 6.45) is 8.71. The van der Waals surface area contributed by atoms with Crippen LogP contribution in [-0.4, -0.2) is 52.4 Å². The quantitative estimate of drug-likeness (QED) is 0.897. The zero-order valence-corrected chi connectivity index (χ0v) is 13.8. The Morgan fingerprint density at radius 1 is 1.39 bits per heavy atom. The molecule has 0 bridgehead atoms. The Hall–Kier alpha value is -1.40. The maximum atomic E-state index is 12.7. The molecule has 1 N–H and O–H groups in total. The van der Waals surface area contributed by atoms with E-state index in [2.05, 4.69) is 15.3 Å². The van der Waals surface area contributed by atoms with Crippen LogP contribution in [0.4, 0.5) is 0 Å². The summed E-state index contributed by atoms with van der Waals surface area (Å²) in [4.78, 5) is 15.1. The molecule has 6 heteroatoms. The first kappa shape index (κ1) is 15.1. The van der Waals surface area contributed by atoms with Gasteiger partial charge in [0.2, 0.25) is 5.91 Å². The molecule has 2 saturated heterocycles. The molecular weight excluding hydrogens is 292 g/mol. The summed E-state index contributed by atoms with van der Waals surface area (Å²) in [5.41, 5.74) is 1.20. The number of amides is 1. The van der Waals surface area contributed by atoms with Crippen LogP contribution in [0.15, 0.2) is 12.4 Å². The number of hydrogen-bond donors (Lipinski definition) is 1. The third-order valence-electron chi connectivity index (χ3n) is 5.62. The molecule has 1 amide bonds. The van der Waals surface area contributed by atoms with E-state index in [4.69, 9.17) is 4.74 Å². The molecule has 1 aromatic rings. The number of fused-ring (bicyclic) bond motifs is 1. The first-order valence-corrected chi connectivity index (χ1v) is 8.81. The Morgan fingerprint density at radius 2 is 2.26 bits per heavy atom. The minimum absolute atomic E-state index is 0.0634. The number of rotatable bonds is 4. The summed E-state index contributed by atoms with van der Waals surface area (Å²) in [6.45, 7) is 3.39. The molecule has 3 heterocycles. The van der Waals surface area contributed by atoms with Crippen LogP contribution >= 0.6 is 0 Å². The van der Waals surface area contributed by atoms with Gasteiger partial charge in [-0.15, -0.1) is 0 Å². The van der Waals surface area contributed by atoms with Crippen molar-refractivity contribution in [1.29, 1.82) is 0 Å². The third-order valence-corrected chi connectivity index (χ3v) is 5.62. The molecule has 1 aromatic heterocycles. The molecule has 0 radical (unpaired) electrons. The van der Waals surface area contributed by atoms with Crippen LogP contribution in [0.25, 0.3) is 0 Å². The summed E-state index contributed by atoms with van der Waals surface area (Å²) >= 11 is 0. The fourth-order valence-electron chi connectivity index (χ4n) is 4.13. The van der Waals surface area contributed by atoms with Crippen molar-refractivity contribution >= 4 is 5.91 Å². The average Bonchev–Trinajstić information content (AvgIpc) is 3.10. The molecule has 126 valence electrons. The summed E-state index contributed by atoms with van der Waals surface area (Å²) < 4.78 is 7.74. The maximum absolute atomic E-state index is 12.7. The highest BCUT2D eigenvalue weighted by Crippen LogP contribution is 2.35. The van der Waals surface area contributed by atoms with Crippen LogP contribution in [0.1, 0.15) is 31.2 Å². The monoisotopic (exact) mass is 318 g/mol. The molecule has 0 unspecified atom stereocenters. The standard InChI is InChI=1S/C17H26N4O2/c1-20-8-12(7-18-20)9-21-10-15(14-5-6-23-16(14)11-21)17(22)19-13-3-2-4-13/h7-8,13-16H,2-6,9-11H2,1H3,(H,19,22)/t14-,15+,16+/m1/s1. The fraction of sp³-hybridized carbons (Fsp3) is 0.765. The molecule has 0 spiro atoms. The number of aryl methyl sites for hydroxylation is 1. The molecule has 0 aromatic carbocycles. The van der Waals surface area contributed by atoms with E-state index in [0.717, 1.165) is 45.5 Å².